The van der Waals surface area contributed by atoms with Gasteiger partial charge in [0.2, 0.25) is 0 Å². The second-order valence-electron chi connectivity index (χ2n) is 7.39. The van der Waals surface area contributed by atoms with E-state index in [0.29, 0.717) is 24.6 Å². The second kappa shape index (κ2) is 8.46. The lowest BCUT2D eigenvalue weighted by Gasteiger charge is -2.35. The van der Waals surface area contributed by atoms with Gasteiger partial charge in [-0.3, -0.25) is 0 Å². The zero-order valence-electron chi connectivity index (χ0n) is 15.7. The van der Waals surface area contributed by atoms with E-state index in [1.807, 2.05) is 18.5 Å². The normalized spacial score (nSPS) is 18.6. The number of rotatable bonds is 6. The molecule has 1 saturated carbocycles. The first-order chi connectivity index (χ1) is 11.4. The summed E-state index contributed by atoms with van der Waals surface area (Å²) in [6.07, 6.45) is 4.86. The first kappa shape index (κ1) is 18.7. The summed E-state index contributed by atoms with van der Waals surface area (Å²) in [7, 11) is 3.67. The predicted molar refractivity (Wildman–Crippen MR) is 95.9 cm³/mol. The molecule has 24 heavy (non-hydrogen) atoms. The lowest BCUT2D eigenvalue weighted by molar-refractivity contribution is 0.202. The summed E-state index contributed by atoms with van der Waals surface area (Å²) in [6, 6.07) is 0.480. The Kier molecular flexibility index (Phi) is 6.60. The molecule has 7 heteroatoms. The molecule has 1 aliphatic carbocycles. The minimum Gasteiger partial charge on any atom is -0.383 e. The Morgan fingerprint density at radius 1 is 1.33 bits per heavy atom. The van der Waals surface area contributed by atoms with Gasteiger partial charge in [0.1, 0.15) is 12.4 Å². The Morgan fingerprint density at radius 3 is 2.62 bits per heavy atom. The van der Waals surface area contributed by atoms with Crippen molar-refractivity contribution in [2.45, 2.75) is 59.0 Å². The number of hydrogen-bond acceptors (Lipinski definition) is 4. The lowest BCUT2D eigenvalue weighted by atomic mass is 9.75. The quantitative estimate of drug-likeness (QED) is 0.470. The summed E-state index contributed by atoms with van der Waals surface area (Å²) in [4.78, 5) is 4.69. The molecule has 136 valence electrons. The number of guanidine groups is 1. The third kappa shape index (κ3) is 5.47. The van der Waals surface area contributed by atoms with Crippen molar-refractivity contribution in [1.29, 1.82) is 0 Å². The number of aryl methyl sites for hydroxylation is 1. The van der Waals surface area contributed by atoms with E-state index in [-0.39, 0.29) is 0 Å². The van der Waals surface area contributed by atoms with E-state index in [9.17, 15) is 0 Å². The van der Waals surface area contributed by atoms with Crippen LogP contribution in [0.3, 0.4) is 0 Å². The van der Waals surface area contributed by atoms with Crippen LogP contribution in [0.2, 0.25) is 0 Å². The van der Waals surface area contributed by atoms with Crippen LogP contribution in [0.5, 0.6) is 0 Å². The molecule has 2 rings (SSSR count). The molecule has 0 spiro atoms. The Hall–Kier alpha value is -1.63. The van der Waals surface area contributed by atoms with Crippen molar-refractivity contribution >= 4 is 5.96 Å². The van der Waals surface area contributed by atoms with E-state index >= 15 is 0 Å². The molecule has 1 aromatic heterocycles. The van der Waals surface area contributed by atoms with E-state index in [1.165, 1.54) is 25.7 Å². The van der Waals surface area contributed by atoms with Crippen LogP contribution in [0.25, 0.3) is 0 Å². The number of nitrogens with zero attached hydrogens (tertiary/aromatic N) is 4. The average molecular weight is 336 g/mol. The molecule has 0 unspecified atom stereocenters. The lowest BCUT2D eigenvalue weighted by Crippen LogP contribution is -2.46. The maximum atomic E-state index is 5.12. The molecule has 0 amide bonds. The van der Waals surface area contributed by atoms with Gasteiger partial charge >= 0.3 is 0 Å². The summed E-state index contributed by atoms with van der Waals surface area (Å²) >= 11 is 0. The number of aliphatic imine (C=N–C) groups is 1. The summed E-state index contributed by atoms with van der Waals surface area (Å²) in [6.45, 7) is 8.55. The molecule has 0 aromatic carbocycles. The molecule has 1 aromatic rings. The molecular formula is C17H32N6O. The predicted octanol–water partition coefficient (Wildman–Crippen LogP) is 1.77. The van der Waals surface area contributed by atoms with Crippen molar-refractivity contribution in [1.82, 2.24) is 25.4 Å². The van der Waals surface area contributed by atoms with Crippen LogP contribution in [-0.4, -0.2) is 47.0 Å². The van der Waals surface area contributed by atoms with Gasteiger partial charge in [0.25, 0.3) is 0 Å². The first-order valence-corrected chi connectivity index (χ1v) is 8.80. The van der Waals surface area contributed by atoms with E-state index in [2.05, 4.69) is 39.7 Å². The molecule has 0 radical (unpaired) electrons. The van der Waals surface area contributed by atoms with Gasteiger partial charge in [-0.2, -0.15) is 0 Å². The zero-order chi connectivity index (χ0) is 17.6. The standard InChI is InChI=1S/C17H32N6O/c1-13-21-22-15(23(13)4)12-19-16(18-10-11-24-5)20-14-6-8-17(2,3)9-7-14/h14H,6-12H2,1-5H3,(H2,18,19,20). The number of aromatic nitrogens is 3. The van der Waals surface area contributed by atoms with Crippen molar-refractivity contribution in [3.8, 4) is 0 Å². The van der Waals surface area contributed by atoms with Gasteiger partial charge in [-0.25, -0.2) is 4.99 Å². The molecule has 1 aliphatic rings. The highest BCUT2D eigenvalue weighted by atomic mass is 16.5. The topological polar surface area (TPSA) is 76.4 Å². The average Bonchev–Trinajstić information content (AvgIpc) is 2.86. The van der Waals surface area contributed by atoms with Gasteiger partial charge < -0.3 is 19.9 Å². The number of nitrogens with one attached hydrogen (secondary N) is 2. The van der Waals surface area contributed by atoms with E-state index in [1.54, 1.807) is 7.11 Å². The zero-order valence-corrected chi connectivity index (χ0v) is 15.7. The third-order valence-corrected chi connectivity index (χ3v) is 4.84. The van der Waals surface area contributed by atoms with Crippen LogP contribution in [0, 0.1) is 12.3 Å². The maximum Gasteiger partial charge on any atom is 0.192 e. The molecular weight excluding hydrogens is 304 g/mol. The highest BCUT2D eigenvalue weighted by molar-refractivity contribution is 5.80. The summed E-state index contributed by atoms with van der Waals surface area (Å²) in [5.74, 6) is 2.60. The van der Waals surface area contributed by atoms with Gasteiger partial charge in [0.05, 0.1) is 6.61 Å². The number of hydrogen-bond donors (Lipinski definition) is 2. The Morgan fingerprint density at radius 2 is 2.04 bits per heavy atom. The third-order valence-electron chi connectivity index (χ3n) is 4.84. The minimum atomic E-state index is 0.467. The summed E-state index contributed by atoms with van der Waals surface area (Å²) in [5.41, 5.74) is 0.467. The molecule has 7 nitrogen and oxygen atoms in total. The molecule has 1 fully saturated rings. The smallest absolute Gasteiger partial charge is 0.192 e. The summed E-state index contributed by atoms with van der Waals surface area (Å²) < 4.78 is 7.09. The van der Waals surface area contributed by atoms with Gasteiger partial charge in [-0.1, -0.05) is 13.8 Å². The van der Waals surface area contributed by atoms with Crippen LogP contribution in [0.15, 0.2) is 4.99 Å². The Balaban J connectivity index is 1.96. The first-order valence-electron chi connectivity index (χ1n) is 8.80. The van der Waals surface area contributed by atoms with E-state index in [0.717, 1.165) is 24.2 Å². The van der Waals surface area contributed by atoms with Crippen molar-refractivity contribution in [3.05, 3.63) is 11.6 Å². The fourth-order valence-corrected chi connectivity index (χ4v) is 2.90. The van der Waals surface area contributed by atoms with Gasteiger partial charge in [0.15, 0.2) is 11.8 Å². The van der Waals surface area contributed by atoms with Gasteiger partial charge in [0, 0.05) is 26.7 Å². The van der Waals surface area contributed by atoms with Crippen molar-refractivity contribution in [2.24, 2.45) is 17.5 Å². The highest BCUT2D eigenvalue weighted by Gasteiger charge is 2.27. The maximum absolute atomic E-state index is 5.12. The molecule has 0 bridgehead atoms. The van der Waals surface area contributed by atoms with Crippen molar-refractivity contribution in [2.75, 3.05) is 20.3 Å². The van der Waals surface area contributed by atoms with Crippen LogP contribution in [-0.2, 0) is 18.3 Å². The largest absolute Gasteiger partial charge is 0.383 e. The minimum absolute atomic E-state index is 0.467. The Bertz CT molecular complexity index is 541. The summed E-state index contributed by atoms with van der Waals surface area (Å²) in [5, 5.41) is 15.2. The molecule has 1 heterocycles. The Labute approximate surface area is 145 Å². The van der Waals surface area contributed by atoms with Crippen molar-refractivity contribution < 1.29 is 4.74 Å². The SMILES string of the molecule is COCCNC(=NCc1nnc(C)n1C)NC1CCC(C)(C)CC1. The molecule has 0 atom stereocenters. The fraction of sp³-hybridized carbons (Fsp3) is 0.824. The van der Waals surface area contributed by atoms with E-state index in [4.69, 9.17) is 4.74 Å². The second-order valence-corrected chi connectivity index (χ2v) is 7.39. The van der Waals surface area contributed by atoms with E-state index < -0.39 is 0 Å². The van der Waals surface area contributed by atoms with Crippen LogP contribution in [0.1, 0.15) is 51.2 Å². The molecule has 2 N–H and O–H groups in total. The number of methoxy groups -OCH3 is 1. The van der Waals surface area contributed by atoms with Crippen molar-refractivity contribution in [3.63, 3.8) is 0 Å². The van der Waals surface area contributed by atoms with Crippen LogP contribution < -0.4 is 10.6 Å². The monoisotopic (exact) mass is 336 g/mol. The fourth-order valence-electron chi connectivity index (χ4n) is 2.90. The molecule has 0 aliphatic heterocycles. The number of ether oxygens (including phenoxy) is 1. The van der Waals surface area contributed by atoms with Gasteiger partial charge in [-0.05, 0) is 38.0 Å². The van der Waals surface area contributed by atoms with Crippen LogP contribution >= 0.6 is 0 Å². The highest BCUT2D eigenvalue weighted by Crippen LogP contribution is 2.34. The molecule has 0 saturated heterocycles. The van der Waals surface area contributed by atoms with Crippen LogP contribution in [0.4, 0.5) is 0 Å². The van der Waals surface area contributed by atoms with Gasteiger partial charge in [-0.15, -0.1) is 10.2 Å².